The molecule has 1 saturated heterocycles. The fourth-order valence-corrected chi connectivity index (χ4v) is 2.80. The van der Waals surface area contributed by atoms with Gasteiger partial charge in [0.15, 0.2) is 0 Å². The van der Waals surface area contributed by atoms with E-state index in [1.165, 1.54) is 12.1 Å². The number of nitrogens with one attached hydrogen (secondary N) is 2. The molecule has 0 aliphatic carbocycles. The van der Waals surface area contributed by atoms with Crippen LogP contribution in [-0.4, -0.2) is 27.0 Å². The molecule has 1 heterocycles. The smallest absolute Gasteiger partial charge is 0.238 e. The number of nitrogens with two attached hydrogens (primary N) is 1. The van der Waals surface area contributed by atoms with Crippen LogP contribution in [0.3, 0.4) is 0 Å². The standard InChI is InChI=1S/C12H18FN3O2S/c1-8-6-9(4-5-15-8)16-12-3-2-10(7-11(12)13)19(14,17)18/h2-3,7-9,15-16H,4-6H2,1H3,(H2,14,17,18). The van der Waals surface area contributed by atoms with Crippen LogP contribution in [0.2, 0.25) is 0 Å². The summed E-state index contributed by atoms with van der Waals surface area (Å²) in [6.07, 6.45) is 1.80. The van der Waals surface area contributed by atoms with E-state index in [1.54, 1.807) is 0 Å². The Morgan fingerprint density at radius 2 is 2.21 bits per heavy atom. The largest absolute Gasteiger partial charge is 0.380 e. The van der Waals surface area contributed by atoms with E-state index >= 15 is 0 Å². The predicted octanol–water partition coefficient (Wildman–Crippen LogP) is 1.03. The zero-order valence-corrected chi connectivity index (χ0v) is 11.5. The fourth-order valence-electron chi connectivity index (χ4n) is 2.27. The lowest BCUT2D eigenvalue weighted by Crippen LogP contribution is -2.41. The molecule has 19 heavy (non-hydrogen) atoms. The van der Waals surface area contributed by atoms with Crippen molar-refractivity contribution in [2.45, 2.75) is 36.7 Å². The topological polar surface area (TPSA) is 84.2 Å². The van der Waals surface area contributed by atoms with Gasteiger partial charge in [0.1, 0.15) is 5.82 Å². The molecule has 7 heteroatoms. The van der Waals surface area contributed by atoms with Gasteiger partial charge in [0.2, 0.25) is 10.0 Å². The summed E-state index contributed by atoms with van der Waals surface area (Å²) in [5.74, 6) is -0.599. The van der Waals surface area contributed by atoms with Crippen LogP contribution >= 0.6 is 0 Å². The Morgan fingerprint density at radius 3 is 2.79 bits per heavy atom. The van der Waals surface area contributed by atoms with Crippen molar-refractivity contribution in [1.29, 1.82) is 0 Å². The normalized spacial score (nSPS) is 24.2. The van der Waals surface area contributed by atoms with Crippen LogP contribution in [0, 0.1) is 5.82 Å². The molecule has 2 rings (SSSR count). The first-order valence-electron chi connectivity index (χ1n) is 6.18. The van der Waals surface area contributed by atoms with Gasteiger partial charge in [0, 0.05) is 12.1 Å². The Hall–Kier alpha value is -1.18. The number of sulfonamides is 1. The minimum Gasteiger partial charge on any atom is -0.380 e. The molecule has 106 valence electrons. The zero-order chi connectivity index (χ0) is 14.0. The van der Waals surface area contributed by atoms with Crippen LogP contribution in [-0.2, 0) is 10.0 Å². The van der Waals surface area contributed by atoms with Crippen LogP contribution in [0.5, 0.6) is 0 Å². The van der Waals surface area contributed by atoms with Crippen LogP contribution in [0.15, 0.2) is 23.1 Å². The molecule has 0 amide bonds. The van der Waals surface area contributed by atoms with Crippen LogP contribution in [0.4, 0.5) is 10.1 Å². The van der Waals surface area contributed by atoms with Crippen molar-refractivity contribution >= 4 is 15.7 Å². The summed E-state index contributed by atoms with van der Waals surface area (Å²) in [6, 6.07) is 4.25. The monoisotopic (exact) mass is 287 g/mol. The Kier molecular flexibility index (Phi) is 4.07. The summed E-state index contributed by atoms with van der Waals surface area (Å²) in [5.41, 5.74) is 0.312. The Labute approximate surface area is 112 Å². The summed E-state index contributed by atoms with van der Waals surface area (Å²) in [6.45, 7) is 2.96. The van der Waals surface area contributed by atoms with Gasteiger partial charge in [-0.3, -0.25) is 0 Å². The summed E-state index contributed by atoms with van der Waals surface area (Å²) in [5, 5.41) is 11.4. The average Bonchev–Trinajstić information content (AvgIpc) is 2.30. The minimum absolute atomic E-state index is 0.186. The summed E-state index contributed by atoms with van der Waals surface area (Å²) in [7, 11) is -3.86. The van der Waals surface area contributed by atoms with Crippen molar-refractivity contribution in [2.75, 3.05) is 11.9 Å². The second-order valence-electron chi connectivity index (χ2n) is 4.91. The van der Waals surface area contributed by atoms with E-state index in [-0.39, 0.29) is 10.9 Å². The molecule has 4 N–H and O–H groups in total. The quantitative estimate of drug-likeness (QED) is 0.775. The van der Waals surface area contributed by atoms with Crippen molar-refractivity contribution in [3.8, 4) is 0 Å². The number of hydrogen-bond acceptors (Lipinski definition) is 4. The zero-order valence-electron chi connectivity index (χ0n) is 10.7. The molecule has 2 unspecified atom stereocenters. The van der Waals surface area contributed by atoms with Gasteiger partial charge in [-0.1, -0.05) is 0 Å². The second kappa shape index (κ2) is 5.44. The first-order chi connectivity index (χ1) is 8.86. The van der Waals surface area contributed by atoms with E-state index in [2.05, 4.69) is 17.6 Å². The molecular weight excluding hydrogens is 269 g/mol. The predicted molar refractivity (Wildman–Crippen MR) is 71.9 cm³/mol. The van der Waals surface area contributed by atoms with Crippen molar-refractivity contribution < 1.29 is 12.8 Å². The van der Waals surface area contributed by atoms with Gasteiger partial charge in [0.25, 0.3) is 0 Å². The molecule has 1 aliphatic rings. The molecule has 2 atom stereocenters. The molecule has 1 aliphatic heterocycles. The highest BCUT2D eigenvalue weighted by molar-refractivity contribution is 7.89. The molecule has 1 aromatic rings. The molecule has 1 aromatic carbocycles. The third-order valence-corrected chi connectivity index (χ3v) is 4.16. The Morgan fingerprint density at radius 1 is 1.47 bits per heavy atom. The van der Waals surface area contributed by atoms with Crippen LogP contribution in [0.25, 0.3) is 0 Å². The number of piperidine rings is 1. The van der Waals surface area contributed by atoms with Gasteiger partial charge < -0.3 is 10.6 Å². The van der Waals surface area contributed by atoms with E-state index in [0.717, 1.165) is 25.5 Å². The van der Waals surface area contributed by atoms with E-state index < -0.39 is 15.8 Å². The van der Waals surface area contributed by atoms with Gasteiger partial charge in [0.05, 0.1) is 10.6 Å². The molecule has 0 bridgehead atoms. The number of anilines is 1. The van der Waals surface area contributed by atoms with E-state index in [1.807, 2.05) is 0 Å². The van der Waals surface area contributed by atoms with E-state index in [9.17, 15) is 12.8 Å². The summed E-state index contributed by atoms with van der Waals surface area (Å²) >= 11 is 0. The molecule has 0 radical (unpaired) electrons. The first-order valence-corrected chi connectivity index (χ1v) is 7.73. The van der Waals surface area contributed by atoms with E-state index in [0.29, 0.717) is 11.7 Å². The third-order valence-electron chi connectivity index (χ3n) is 3.25. The lowest BCUT2D eigenvalue weighted by molar-refractivity contribution is 0.395. The first kappa shape index (κ1) is 14.2. The lowest BCUT2D eigenvalue weighted by Gasteiger charge is -2.29. The molecule has 0 aromatic heterocycles. The number of rotatable bonds is 3. The highest BCUT2D eigenvalue weighted by Crippen LogP contribution is 2.21. The van der Waals surface area contributed by atoms with Crippen molar-refractivity contribution in [3.05, 3.63) is 24.0 Å². The highest BCUT2D eigenvalue weighted by Gasteiger charge is 2.19. The number of primary sulfonamides is 1. The van der Waals surface area contributed by atoms with Gasteiger partial charge >= 0.3 is 0 Å². The fraction of sp³-hybridized carbons (Fsp3) is 0.500. The lowest BCUT2D eigenvalue weighted by atomic mass is 10.0. The van der Waals surface area contributed by atoms with Gasteiger partial charge in [-0.05, 0) is 44.5 Å². The van der Waals surface area contributed by atoms with Gasteiger partial charge in [-0.15, -0.1) is 0 Å². The average molecular weight is 287 g/mol. The van der Waals surface area contributed by atoms with Crippen LogP contribution in [0.1, 0.15) is 19.8 Å². The number of benzene rings is 1. The molecular formula is C12H18FN3O2S. The molecule has 0 saturated carbocycles. The maximum atomic E-state index is 13.8. The Balaban J connectivity index is 2.13. The van der Waals surface area contributed by atoms with Crippen LogP contribution < -0.4 is 15.8 Å². The van der Waals surface area contributed by atoms with Gasteiger partial charge in [-0.2, -0.15) is 0 Å². The summed E-state index contributed by atoms with van der Waals surface area (Å²) < 4.78 is 36.1. The maximum Gasteiger partial charge on any atom is 0.238 e. The molecule has 5 nitrogen and oxygen atoms in total. The van der Waals surface area contributed by atoms with Crippen molar-refractivity contribution in [1.82, 2.24) is 5.32 Å². The Bertz CT molecular complexity index is 562. The van der Waals surface area contributed by atoms with Crippen molar-refractivity contribution in [3.63, 3.8) is 0 Å². The maximum absolute atomic E-state index is 13.8. The second-order valence-corrected chi connectivity index (χ2v) is 6.47. The minimum atomic E-state index is -3.86. The molecule has 1 fully saturated rings. The van der Waals surface area contributed by atoms with Crippen molar-refractivity contribution in [2.24, 2.45) is 5.14 Å². The van der Waals surface area contributed by atoms with Gasteiger partial charge in [-0.25, -0.2) is 17.9 Å². The number of hydrogen-bond donors (Lipinski definition) is 3. The highest BCUT2D eigenvalue weighted by atomic mass is 32.2. The van der Waals surface area contributed by atoms with E-state index in [4.69, 9.17) is 5.14 Å². The SMILES string of the molecule is CC1CC(Nc2ccc(S(N)(=O)=O)cc2F)CCN1. The number of halogens is 1. The summed E-state index contributed by atoms with van der Waals surface area (Å²) in [4.78, 5) is -0.214. The molecule has 0 spiro atoms. The third kappa shape index (κ3) is 3.65.